The van der Waals surface area contributed by atoms with E-state index in [4.69, 9.17) is 5.73 Å². The summed E-state index contributed by atoms with van der Waals surface area (Å²) in [6.45, 7) is 0. The van der Waals surface area contributed by atoms with Gasteiger partial charge in [0.2, 0.25) is 0 Å². The van der Waals surface area contributed by atoms with Gasteiger partial charge in [-0.05, 0) is 23.8 Å². The van der Waals surface area contributed by atoms with Crippen LogP contribution in [0.2, 0.25) is 0 Å². The Morgan fingerprint density at radius 2 is 1.62 bits per heavy atom. The van der Waals surface area contributed by atoms with Gasteiger partial charge in [0.05, 0.1) is 11.6 Å². The first-order valence-corrected chi connectivity index (χ1v) is 6.32. The third kappa shape index (κ3) is 2.25. The first-order valence-electron chi connectivity index (χ1n) is 6.32. The predicted octanol–water partition coefficient (Wildman–Crippen LogP) is 3.70. The van der Waals surface area contributed by atoms with E-state index >= 15 is 0 Å². The molecule has 0 aliphatic heterocycles. The standard InChI is InChI=1S/C16H11F3N2/c17-12-6-5-11(14(18)15(12)19)16(20)10-7-8-21-13-4-2-1-3-9(10)13/h1-8,16H,20H2. The zero-order valence-electron chi connectivity index (χ0n) is 10.9. The number of nitrogens with zero attached hydrogens (tertiary/aromatic N) is 1. The van der Waals surface area contributed by atoms with Gasteiger partial charge in [0.1, 0.15) is 0 Å². The van der Waals surface area contributed by atoms with Crippen molar-refractivity contribution in [2.75, 3.05) is 0 Å². The average Bonchev–Trinajstić information content (AvgIpc) is 2.51. The predicted molar refractivity (Wildman–Crippen MR) is 74.1 cm³/mol. The molecule has 1 aromatic heterocycles. The molecule has 1 unspecified atom stereocenters. The Hall–Kier alpha value is -2.40. The van der Waals surface area contributed by atoms with E-state index < -0.39 is 23.5 Å². The second-order valence-corrected chi connectivity index (χ2v) is 4.66. The fourth-order valence-electron chi connectivity index (χ4n) is 2.34. The van der Waals surface area contributed by atoms with E-state index in [0.29, 0.717) is 11.1 Å². The molecule has 1 heterocycles. The number of halogens is 3. The minimum absolute atomic E-state index is 0.0924. The zero-order chi connectivity index (χ0) is 15.0. The summed E-state index contributed by atoms with van der Waals surface area (Å²) >= 11 is 0. The molecule has 0 spiro atoms. The Morgan fingerprint density at radius 1 is 0.857 bits per heavy atom. The molecule has 0 aliphatic carbocycles. The molecule has 21 heavy (non-hydrogen) atoms. The van der Waals surface area contributed by atoms with Crippen LogP contribution < -0.4 is 5.73 Å². The van der Waals surface area contributed by atoms with Crippen LogP contribution in [0.25, 0.3) is 10.9 Å². The topological polar surface area (TPSA) is 38.9 Å². The fourth-order valence-corrected chi connectivity index (χ4v) is 2.34. The molecule has 0 saturated heterocycles. The lowest BCUT2D eigenvalue weighted by atomic mass is 9.96. The summed E-state index contributed by atoms with van der Waals surface area (Å²) in [4.78, 5) is 4.19. The highest BCUT2D eigenvalue weighted by Gasteiger charge is 2.20. The van der Waals surface area contributed by atoms with Gasteiger partial charge in [0, 0.05) is 17.1 Å². The van der Waals surface area contributed by atoms with Gasteiger partial charge in [-0.2, -0.15) is 0 Å². The van der Waals surface area contributed by atoms with Crippen molar-refractivity contribution in [2.45, 2.75) is 6.04 Å². The SMILES string of the molecule is NC(c1ccc(F)c(F)c1F)c1ccnc2ccccc12. The number of hydrogen-bond donors (Lipinski definition) is 1. The van der Waals surface area contributed by atoms with E-state index in [1.807, 2.05) is 12.1 Å². The molecule has 0 amide bonds. The number of pyridine rings is 1. The molecule has 1 atom stereocenters. The molecule has 0 radical (unpaired) electrons. The first-order chi connectivity index (χ1) is 10.1. The highest BCUT2D eigenvalue weighted by molar-refractivity contribution is 5.82. The minimum Gasteiger partial charge on any atom is -0.320 e. The van der Waals surface area contributed by atoms with Gasteiger partial charge in [-0.1, -0.05) is 24.3 Å². The van der Waals surface area contributed by atoms with E-state index in [0.717, 1.165) is 17.5 Å². The Labute approximate surface area is 119 Å². The van der Waals surface area contributed by atoms with Crippen molar-refractivity contribution in [3.05, 3.63) is 77.2 Å². The van der Waals surface area contributed by atoms with Crippen LogP contribution in [-0.2, 0) is 0 Å². The number of rotatable bonds is 2. The highest BCUT2D eigenvalue weighted by Crippen LogP contribution is 2.29. The minimum atomic E-state index is -1.51. The van der Waals surface area contributed by atoms with Crippen molar-refractivity contribution in [1.82, 2.24) is 4.98 Å². The first kappa shape index (κ1) is 13.6. The molecule has 2 aromatic carbocycles. The summed E-state index contributed by atoms with van der Waals surface area (Å²) < 4.78 is 40.3. The van der Waals surface area contributed by atoms with Gasteiger partial charge in [-0.3, -0.25) is 4.98 Å². The van der Waals surface area contributed by atoms with Crippen LogP contribution >= 0.6 is 0 Å². The Bertz CT molecular complexity index is 812. The second kappa shape index (κ2) is 5.18. The third-order valence-corrected chi connectivity index (χ3v) is 3.42. The summed E-state index contributed by atoms with van der Waals surface area (Å²) in [5.74, 6) is -4.01. The normalized spacial score (nSPS) is 12.6. The number of para-hydroxylation sites is 1. The molecule has 0 aliphatic rings. The van der Waals surface area contributed by atoms with Crippen LogP contribution in [0.1, 0.15) is 17.2 Å². The molecular weight excluding hydrogens is 277 g/mol. The number of fused-ring (bicyclic) bond motifs is 1. The molecule has 5 heteroatoms. The number of benzene rings is 2. The lowest BCUT2D eigenvalue weighted by Crippen LogP contribution is -2.15. The molecular formula is C16H11F3N2. The van der Waals surface area contributed by atoms with Crippen molar-refractivity contribution < 1.29 is 13.2 Å². The largest absolute Gasteiger partial charge is 0.320 e. The van der Waals surface area contributed by atoms with Crippen molar-refractivity contribution in [3.63, 3.8) is 0 Å². The van der Waals surface area contributed by atoms with Crippen LogP contribution in [0, 0.1) is 17.5 Å². The highest BCUT2D eigenvalue weighted by atomic mass is 19.2. The third-order valence-electron chi connectivity index (χ3n) is 3.42. The fraction of sp³-hybridized carbons (Fsp3) is 0.0625. The van der Waals surface area contributed by atoms with Crippen LogP contribution in [0.3, 0.4) is 0 Å². The lowest BCUT2D eigenvalue weighted by molar-refractivity contribution is 0.438. The molecule has 2 N–H and O–H groups in total. The van der Waals surface area contributed by atoms with Crippen molar-refractivity contribution in [3.8, 4) is 0 Å². The maximum atomic E-state index is 13.9. The van der Waals surface area contributed by atoms with E-state index in [9.17, 15) is 13.2 Å². The van der Waals surface area contributed by atoms with Crippen LogP contribution in [0.4, 0.5) is 13.2 Å². The van der Waals surface area contributed by atoms with Crippen molar-refractivity contribution in [1.29, 1.82) is 0 Å². The maximum Gasteiger partial charge on any atom is 0.194 e. The van der Waals surface area contributed by atoms with Crippen LogP contribution in [0.5, 0.6) is 0 Å². The Morgan fingerprint density at radius 3 is 2.43 bits per heavy atom. The van der Waals surface area contributed by atoms with Gasteiger partial charge >= 0.3 is 0 Å². The van der Waals surface area contributed by atoms with Gasteiger partial charge < -0.3 is 5.73 Å². The van der Waals surface area contributed by atoms with E-state index in [1.54, 1.807) is 24.4 Å². The monoisotopic (exact) mass is 288 g/mol. The molecule has 106 valence electrons. The number of aromatic nitrogens is 1. The van der Waals surface area contributed by atoms with Gasteiger partial charge in [-0.15, -0.1) is 0 Å². The summed E-state index contributed by atoms with van der Waals surface area (Å²) in [6, 6.07) is 10.00. The molecule has 0 saturated carbocycles. The summed E-state index contributed by atoms with van der Waals surface area (Å²) in [5, 5.41) is 0.747. The number of hydrogen-bond acceptors (Lipinski definition) is 2. The summed E-state index contributed by atoms with van der Waals surface area (Å²) in [6.07, 6.45) is 1.55. The van der Waals surface area contributed by atoms with Gasteiger partial charge in [0.25, 0.3) is 0 Å². The molecule has 0 fully saturated rings. The van der Waals surface area contributed by atoms with Crippen LogP contribution in [-0.4, -0.2) is 4.98 Å². The maximum absolute atomic E-state index is 13.9. The molecule has 3 rings (SSSR count). The van der Waals surface area contributed by atoms with Gasteiger partial charge in [0.15, 0.2) is 17.5 Å². The van der Waals surface area contributed by atoms with E-state index in [1.165, 1.54) is 0 Å². The zero-order valence-corrected chi connectivity index (χ0v) is 10.9. The van der Waals surface area contributed by atoms with Crippen LogP contribution in [0.15, 0.2) is 48.7 Å². The summed E-state index contributed by atoms with van der Waals surface area (Å²) in [5.41, 5.74) is 7.26. The molecule has 2 nitrogen and oxygen atoms in total. The van der Waals surface area contributed by atoms with E-state index in [2.05, 4.69) is 4.98 Å². The smallest absolute Gasteiger partial charge is 0.194 e. The quantitative estimate of drug-likeness (QED) is 0.730. The van der Waals surface area contributed by atoms with Crippen molar-refractivity contribution in [2.24, 2.45) is 5.73 Å². The van der Waals surface area contributed by atoms with E-state index in [-0.39, 0.29) is 5.56 Å². The summed E-state index contributed by atoms with van der Waals surface area (Å²) in [7, 11) is 0. The molecule has 0 bridgehead atoms. The lowest BCUT2D eigenvalue weighted by Gasteiger charge is -2.16. The molecule has 3 aromatic rings. The average molecular weight is 288 g/mol. The Kier molecular flexibility index (Phi) is 3.35. The van der Waals surface area contributed by atoms with Crippen molar-refractivity contribution >= 4 is 10.9 Å². The van der Waals surface area contributed by atoms with Gasteiger partial charge in [-0.25, -0.2) is 13.2 Å². The second-order valence-electron chi connectivity index (χ2n) is 4.66. The number of nitrogens with two attached hydrogens (primary N) is 1. The Balaban J connectivity index is 2.17.